The fourth-order valence-electron chi connectivity index (χ4n) is 4.23. The van der Waals surface area contributed by atoms with Gasteiger partial charge in [-0.3, -0.25) is 4.90 Å². The van der Waals surface area contributed by atoms with E-state index in [1.165, 1.54) is 45.3 Å². The molecule has 1 fully saturated rings. The van der Waals surface area contributed by atoms with E-state index in [9.17, 15) is 0 Å². The second-order valence-electron chi connectivity index (χ2n) is 8.64. The highest BCUT2D eigenvalue weighted by molar-refractivity contribution is 6.41. The smallest absolute Gasteiger partial charge is 0.143 e. The molecule has 0 unspecified atom stereocenters. The van der Waals surface area contributed by atoms with Gasteiger partial charge in [0.05, 0.1) is 31.2 Å². The van der Waals surface area contributed by atoms with Crippen LogP contribution >= 0.6 is 23.2 Å². The summed E-state index contributed by atoms with van der Waals surface area (Å²) in [6, 6.07) is 7.44. The molecule has 210 valence electrons. The van der Waals surface area contributed by atoms with Crippen molar-refractivity contribution in [2.24, 2.45) is 0 Å². The maximum Gasteiger partial charge on any atom is 0.143 e. The zero-order valence-electron chi connectivity index (χ0n) is 22.9. The lowest BCUT2D eigenvalue weighted by molar-refractivity contribution is 0.331. The van der Waals surface area contributed by atoms with Gasteiger partial charge < -0.3 is 20.1 Å². The van der Waals surface area contributed by atoms with Crippen molar-refractivity contribution < 1.29 is 9.47 Å². The van der Waals surface area contributed by atoms with Gasteiger partial charge in [-0.2, -0.15) is 0 Å². The number of rotatable bonds is 9. The van der Waals surface area contributed by atoms with E-state index in [0.29, 0.717) is 45.9 Å². The Morgan fingerprint density at radius 2 is 1.55 bits per heavy atom. The van der Waals surface area contributed by atoms with Crippen molar-refractivity contribution in [3.8, 4) is 22.8 Å². The number of pyridine rings is 1. The standard InChI is InChI=1S/C26H26Cl2N8O2.C2H6/c1-37-19-10-20(38-2)24(28)25(23(19)27)35-26-17(12-29-14-33-26)18-9-22(32-15-31-18)34-21-6-5-16(11-30-21)13-36-7-3-4-8-36;1-2/h5-6,9-12,14-15H,3-4,7-8,13H2,1-2H3,(H,29,33,35)(H,30,31,32,34);1-2H3. The Balaban J connectivity index is 0.00000181. The molecule has 1 saturated heterocycles. The Hall–Kier alpha value is -3.73. The number of halogens is 2. The average Bonchev–Trinajstić information content (AvgIpc) is 3.51. The Morgan fingerprint density at radius 3 is 2.20 bits per heavy atom. The Kier molecular flexibility index (Phi) is 10.3. The van der Waals surface area contributed by atoms with Crippen molar-refractivity contribution in [2.75, 3.05) is 37.9 Å². The zero-order chi connectivity index (χ0) is 28.5. The van der Waals surface area contributed by atoms with E-state index < -0.39 is 0 Å². The van der Waals surface area contributed by atoms with Gasteiger partial charge >= 0.3 is 0 Å². The summed E-state index contributed by atoms with van der Waals surface area (Å²) >= 11 is 13.1. The number of nitrogens with one attached hydrogen (secondary N) is 2. The largest absolute Gasteiger partial charge is 0.495 e. The van der Waals surface area contributed by atoms with E-state index in [1.807, 2.05) is 26.1 Å². The van der Waals surface area contributed by atoms with Crippen molar-refractivity contribution in [3.05, 3.63) is 64.9 Å². The van der Waals surface area contributed by atoms with Gasteiger partial charge in [0.25, 0.3) is 0 Å². The van der Waals surface area contributed by atoms with Crippen LogP contribution in [-0.4, -0.2) is 57.1 Å². The van der Waals surface area contributed by atoms with Gasteiger partial charge in [0, 0.05) is 31.1 Å². The van der Waals surface area contributed by atoms with E-state index in [1.54, 1.807) is 18.3 Å². The molecule has 0 radical (unpaired) electrons. The summed E-state index contributed by atoms with van der Waals surface area (Å²) in [5.74, 6) is 2.50. The lowest BCUT2D eigenvalue weighted by Gasteiger charge is -2.17. The molecule has 1 aromatic carbocycles. The van der Waals surface area contributed by atoms with E-state index in [2.05, 4.69) is 46.5 Å². The summed E-state index contributed by atoms with van der Waals surface area (Å²) in [5, 5.41) is 7.00. The van der Waals surface area contributed by atoms with Gasteiger partial charge in [0.1, 0.15) is 51.7 Å². The van der Waals surface area contributed by atoms with Crippen LogP contribution in [0.15, 0.2) is 49.3 Å². The molecule has 1 aliphatic rings. The fourth-order valence-corrected chi connectivity index (χ4v) is 4.82. The molecule has 5 rings (SSSR count). The van der Waals surface area contributed by atoms with Crippen LogP contribution in [0.5, 0.6) is 11.5 Å². The first-order valence-electron chi connectivity index (χ1n) is 13.0. The molecule has 12 heteroatoms. The minimum atomic E-state index is 0.284. The summed E-state index contributed by atoms with van der Waals surface area (Å²) in [7, 11) is 3.03. The molecule has 0 saturated carbocycles. The van der Waals surface area contributed by atoms with Gasteiger partial charge in [0.2, 0.25) is 0 Å². The highest BCUT2D eigenvalue weighted by Crippen LogP contribution is 2.45. The molecule has 10 nitrogen and oxygen atoms in total. The maximum atomic E-state index is 6.55. The first kappa shape index (κ1) is 29.3. The second-order valence-corrected chi connectivity index (χ2v) is 9.40. The molecule has 0 spiro atoms. The minimum absolute atomic E-state index is 0.284. The molecule has 0 amide bonds. The van der Waals surface area contributed by atoms with Crippen LogP contribution in [0.3, 0.4) is 0 Å². The predicted octanol–water partition coefficient (Wildman–Crippen LogP) is 6.76. The number of anilines is 4. The van der Waals surface area contributed by atoms with Crippen LogP contribution < -0.4 is 20.1 Å². The summed E-state index contributed by atoms with van der Waals surface area (Å²) < 4.78 is 10.7. The van der Waals surface area contributed by atoms with Crippen molar-refractivity contribution in [1.29, 1.82) is 0 Å². The van der Waals surface area contributed by atoms with Crippen molar-refractivity contribution in [3.63, 3.8) is 0 Å². The minimum Gasteiger partial charge on any atom is -0.495 e. The number of likely N-dealkylation sites (tertiary alicyclic amines) is 1. The molecular formula is C28H32Cl2N8O2. The van der Waals surface area contributed by atoms with Gasteiger partial charge in [-0.25, -0.2) is 24.9 Å². The third-order valence-electron chi connectivity index (χ3n) is 6.16. The maximum absolute atomic E-state index is 6.55. The Morgan fingerprint density at radius 1 is 0.825 bits per heavy atom. The molecule has 2 N–H and O–H groups in total. The number of benzene rings is 1. The number of ether oxygens (including phenoxy) is 2. The molecule has 4 aromatic rings. The quantitative estimate of drug-likeness (QED) is 0.219. The van der Waals surface area contributed by atoms with E-state index in [4.69, 9.17) is 32.7 Å². The molecule has 40 heavy (non-hydrogen) atoms. The van der Waals surface area contributed by atoms with Crippen LogP contribution in [0, 0.1) is 0 Å². The monoisotopic (exact) mass is 582 g/mol. The fraction of sp³-hybridized carbons (Fsp3) is 0.321. The van der Waals surface area contributed by atoms with Gasteiger partial charge in [0.15, 0.2) is 0 Å². The molecular weight excluding hydrogens is 551 g/mol. The lowest BCUT2D eigenvalue weighted by Crippen LogP contribution is -2.18. The Labute approximate surface area is 244 Å². The average molecular weight is 584 g/mol. The van der Waals surface area contributed by atoms with Crippen LogP contribution in [0.1, 0.15) is 32.3 Å². The second kappa shape index (κ2) is 14.1. The highest BCUT2D eigenvalue weighted by Gasteiger charge is 2.20. The lowest BCUT2D eigenvalue weighted by atomic mass is 10.2. The molecule has 1 aliphatic heterocycles. The van der Waals surface area contributed by atoms with Gasteiger partial charge in [-0.1, -0.05) is 43.1 Å². The summed E-state index contributed by atoms with van der Waals surface area (Å²) in [5.41, 5.74) is 2.76. The summed E-state index contributed by atoms with van der Waals surface area (Å²) in [6.45, 7) is 7.21. The first-order chi connectivity index (χ1) is 19.6. The predicted molar refractivity (Wildman–Crippen MR) is 159 cm³/mol. The molecule has 0 aliphatic carbocycles. The zero-order valence-corrected chi connectivity index (χ0v) is 24.4. The first-order valence-corrected chi connectivity index (χ1v) is 13.7. The molecule has 0 bridgehead atoms. The molecule has 0 atom stereocenters. The van der Waals surface area contributed by atoms with Gasteiger partial charge in [-0.05, 0) is 37.6 Å². The van der Waals surface area contributed by atoms with Crippen LogP contribution in [0.2, 0.25) is 10.0 Å². The van der Waals surface area contributed by atoms with Crippen molar-refractivity contribution in [2.45, 2.75) is 33.2 Å². The number of nitrogens with zero attached hydrogens (tertiary/aromatic N) is 6. The van der Waals surface area contributed by atoms with Crippen LogP contribution in [0.4, 0.5) is 23.1 Å². The Bertz CT molecular complexity index is 1390. The third-order valence-corrected chi connectivity index (χ3v) is 6.91. The normalized spacial score (nSPS) is 12.8. The number of hydrogen-bond donors (Lipinski definition) is 2. The number of methoxy groups -OCH3 is 2. The van der Waals surface area contributed by atoms with Gasteiger partial charge in [-0.15, -0.1) is 0 Å². The van der Waals surface area contributed by atoms with E-state index in [-0.39, 0.29) is 10.0 Å². The van der Waals surface area contributed by atoms with Crippen molar-refractivity contribution >= 4 is 46.3 Å². The number of aromatic nitrogens is 5. The highest BCUT2D eigenvalue weighted by atomic mass is 35.5. The molecule has 4 heterocycles. The topological polar surface area (TPSA) is 110 Å². The van der Waals surface area contributed by atoms with E-state index >= 15 is 0 Å². The SMILES string of the molecule is CC.COc1cc(OC)c(Cl)c(Nc2ncncc2-c2cc(Nc3ccc(CN4CCCC4)cn3)ncn2)c1Cl. The molecule has 3 aromatic heterocycles. The summed E-state index contributed by atoms with van der Waals surface area (Å²) in [6.07, 6.45) is 8.95. The summed E-state index contributed by atoms with van der Waals surface area (Å²) in [4.78, 5) is 24.3. The van der Waals surface area contributed by atoms with E-state index in [0.717, 1.165) is 19.6 Å². The number of hydrogen-bond acceptors (Lipinski definition) is 10. The van der Waals surface area contributed by atoms with Crippen LogP contribution in [0.25, 0.3) is 11.3 Å². The van der Waals surface area contributed by atoms with Crippen LogP contribution in [-0.2, 0) is 6.54 Å². The van der Waals surface area contributed by atoms with Crippen molar-refractivity contribution in [1.82, 2.24) is 29.8 Å². The third kappa shape index (κ3) is 6.88.